The van der Waals surface area contributed by atoms with Gasteiger partial charge < -0.3 is 20.7 Å². The summed E-state index contributed by atoms with van der Waals surface area (Å²) in [6.07, 6.45) is 5.54. The number of rotatable bonds is 6. The minimum absolute atomic E-state index is 0.0707. The van der Waals surface area contributed by atoms with Gasteiger partial charge in [-0.2, -0.15) is 5.10 Å². The molecule has 0 unspecified atom stereocenters. The zero-order valence-corrected chi connectivity index (χ0v) is 21.9. The second kappa shape index (κ2) is 10.6. The molecule has 0 atom stereocenters. The van der Waals surface area contributed by atoms with Gasteiger partial charge in [0.25, 0.3) is 0 Å². The van der Waals surface area contributed by atoms with Crippen LogP contribution >= 0.6 is 0 Å². The number of ether oxygens (including phenoxy) is 1. The van der Waals surface area contributed by atoms with Gasteiger partial charge in [-0.05, 0) is 36.1 Å². The van der Waals surface area contributed by atoms with Gasteiger partial charge in [0, 0.05) is 79.8 Å². The van der Waals surface area contributed by atoms with E-state index < -0.39 is 0 Å². The monoisotopic (exact) mass is 530 g/mol. The van der Waals surface area contributed by atoms with Crippen molar-refractivity contribution in [2.45, 2.75) is 19.9 Å². The van der Waals surface area contributed by atoms with E-state index in [-0.39, 0.29) is 18.3 Å². The number of aromatic nitrogens is 4. The van der Waals surface area contributed by atoms with E-state index in [0.29, 0.717) is 46.9 Å². The van der Waals surface area contributed by atoms with Crippen LogP contribution in [0, 0.1) is 12.7 Å². The van der Waals surface area contributed by atoms with E-state index >= 15 is 0 Å². The summed E-state index contributed by atoms with van der Waals surface area (Å²) in [5, 5.41) is 9.38. The van der Waals surface area contributed by atoms with Crippen molar-refractivity contribution in [1.29, 1.82) is 0 Å². The summed E-state index contributed by atoms with van der Waals surface area (Å²) in [6, 6.07) is 7.08. The number of carbonyl (C=O) groups excluding carboxylic acids is 1. The smallest absolute Gasteiger partial charge is 0.244 e. The van der Waals surface area contributed by atoms with Crippen molar-refractivity contribution in [2.75, 3.05) is 57.0 Å². The molecule has 3 N–H and O–H groups in total. The van der Waals surface area contributed by atoms with E-state index in [4.69, 9.17) is 10.5 Å². The van der Waals surface area contributed by atoms with Crippen LogP contribution in [0.4, 0.5) is 21.7 Å². The van der Waals surface area contributed by atoms with Crippen LogP contribution in [0.1, 0.15) is 11.3 Å². The van der Waals surface area contributed by atoms with Crippen LogP contribution in [0.2, 0.25) is 0 Å². The maximum absolute atomic E-state index is 15.0. The van der Waals surface area contributed by atoms with Gasteiger partial charge >= 0.3 is 0 Å². The van der Waals surface area contributed by atoms with Crippen LogP contribution in [0.25, 0.3) is 21.9 Å². The fourth-order valence-electron chi connectivity index (χ4n) is 5.17. The first-order valence-electron chi connectivity index (χ1n) is 13.2. The van der Waals surface area contributed by atoms with Crippen molar-refractivity contribution in [2.24, 2.45) is 0 Å². The van der Waals surface area contributed by atoms with E-state index in [1.165, 1.54) is 6.07 Å². The number of hydrogen-bond donors (Lipinski definition) is 2. The number of nitrogen functional groups attached to an aromatic ring is 1. The number of nitrogens with zero attached hydrogens (tertiary/aromatic N) is 6. The molecular formula is C28H31FN8O2. The number of amides is 1. The minimum atomic E-state index is -0.359. The Morgan fingerprint density at radius 1 is 1.00 bits per heavy atom. The first-order chi connectivity index (χ1) is 18.9. The van der Waals surface area contributed by atoms with Gasteiger partial charge in [0.2, 0.25) is 5.91 Å². The Kier molecular flexibility index (Phi) is 6.84. The highest BCUT2D eigenvalue weighted by molar-refractivity contribution is 5.90. The molecule has 0 radical (unpaired) electrons. The fourth-order valence-corrected chi connectivity index (χ4v) is 5.17. The molecule has 11 heteroatoms. The molecule has 4 aromatic rings. The molecule has 10 nitrogen and oxygen atoms in total. The summed E-state index contributed by atoms with van der Waals surface area (Å²) in [5.74, 6) is 0.905. The van der Waals surface area contributed by atoms with Gasteiger partial charge in [-0.3, -0.25) is 19.4 Å². The number of hydrogen-bond acceptors (Lipinski definition) is 8. The molecule has 0 spiro atoms. The lowest BCUT2D eigenvalue weighted by atomic mass is 9.99. The predicted octanol–water partition coefficient (Wildman–Crippen LogP) is 2.98. The predicted molar refractivity (Wildman–Crippen MR) is 147 cm³/mol. The average molecular weight is 531 g/mol. The molecule has 3 aromatic heterocycles. The lowest BCUT2D eigenvalue weighted by Crippen LogP contribution is -2.43. The highest BCUT2D eigenvalue weighted by atomic mass is 19.1. The molecule has 1 fully saturated rings. The third-order valence-corrected chi connectivity index (χ3v) is 7.54. The molecular weight excluding hydrogens is 499 g/mol. The molecule has 1 aromatic carbocycles. The first-order valence-corrected chi connectivity index (χ1v) is 13.2. The van der Waals surface area contributed by atoms with Crippen LogP contribution < -0.4 is 11.1 Å². The largest absolute Gasteiger partial charge is 0.397 e. The molecule has 0 aliphatic carbocycles. The zero-order chi connectivity index (χ0) is 26.9. The summed E-state index contributed by atoms with van der Waals surface area (Å²) in [5.41, 5.74) is 9.38. The Labute approximate surface area is 225 Å². The summed E-state index contributed by atoms with van der Waals surface area (Å²) in [4.78, 5) is 25.8. The molecule has 2 aliphatic rings. The number of morpholine rings is 1. The van der Waals surface area contributed by atoms with Crippen molar-refractivity contribution in [3.63, 3.8) is 0 Å². The second-order valence-corrected chi connectivity index (χ2v) is 10.0. The van der Waals surface area contributed by atoms with Crippen molar-refractivity contribution in [3.8, 4) is 11.1 Å². The normalized spacial score (nSPS) is 16.4. The topological polar surface area (TPSA) is 114 Å². The lowest BCUT2D eigenvalue weighted by molar-refractivity contribution is -0.131. The van der Waals surface area contributed by atoms with E-state index in [0.717, 1.165) is 55.9 Å². The maximum atomic E-state index is 15.0. The summed E-state index contributed by atoms with van der Waals surface area (Å²) in [6.45, 7) is 7.62. The quantitative estimate of drug-likeness (QED) is 0.391. The van der Waals surface area contributed by atoms with Crippen molar-refractivity contribution >= 4 is 34.0 Å². The number of nitrogens with two attached hydrogens (primary N) is 1. The van der Waals surface area contributed by atoms with Crippen LogP contribution in [0.5, 0.6) is 0 Å². The summed E-state index contributed by atoms with van der Waals surface area (Å²) >= 11 is 0. The number of anilines is 3. The van der Waals surface area contributed by atoms with Crippen molar-refractivity contribution in [1.82, 2.24) is 29.5 Å². The Balaban J connectivity index is 1.17. The van der Waals surface area contributed by atoms with E-state index in [9.17, 15) is 9.18 Å². The Morgan fingerprint density at radius 3 is 2.69 bits per heavy atom. The molecule has 0 saturated carbocycles. The highest BCUT2D eigenvalue weighted by Crippen LogP contribution is 2.32. The Bertz CT molecular complexity index is 1530. The van der Waals surface area contributed by atoms with Gasteiger partial charge in [-0.15, -0.1) is 0 Å². The van der Waals surface area contributed by atoms with E-state index in [1.807, 2.05) is 24.0 Å². The molecule has 6 rings (SSSR count). The highest BCUT2D eigenvalue weighted by Gasteiger charge is 2.23. The number of carbonyl (C=O) groups is 1. The molecule has 1 amide bonds. The van der Waals surface area contributed by atoms with Gasteiger partial charge in [-0.1, -0.05) is 0 Å². The van der Waals surface area contributed by atoms with E-state index in [1.54, 1.807) is 29.3 Å². The lowest BCUT2D eigenvalue weighted by Gasteiger charge is -2.29. The van der Waals surface area contributed by atoms with Gasteiger partial charge in [0.15, 0.2) is 5.82 Å². The van der Waals surface area contributed by atoms with Gasteiger partial charge in [-0.25, -0.2) is 9.37 Å². The zero-order valence-electron chi connectivity index (χ0n) is 21.9. The molecule has 2 aliphatic heterocycles. The Hall–Kier alpha value is -4.09. The summed E-state index contributed by atoms with van der Waals surface area (Å²) in [7, 11) is 0. The first kappa shape index (κ1) is 25.2. The number of fused-ring (bicyclic) bond motifs is 2. The molecule has 1 saturated heterocycles. The van der Waals surface area contributed by atoms with Gasteiger partial charge in [0.05, 0.1) is 25.1 Å². The van der Waals surface area contributed by atoms with Crippen molar-refractivity contribution < 1.29 is 13.9 Å². The van der Waals surface area contributed by atoms with Crippen LogP contribution in [-0.2, 0) is 22.5 Å². The second-order valence-electron chi connectivity index (χ2n) is 10.0. The van der Waals surface area contributed by atoms with Gasteiger partial charge in [0.1, 0.15) is 18.2 Å². The fraction of sp³-hybridized carbons (Fsp3) is 0.357. The third kappa shape index (κ3) is 5.27. The van der Waals surface area contributed by atoms with E-state index in [2.05, 4.69) is 25.3 Å². The number of benzene rings is 1. The molecule has 39 heavy (non-hydrogen) atoms. The van der Waals surface area contributed by atoms with Crippen LogP contribution in [0.3, 0.4) is 0 Å². The van der Waals surface area contributed by atoms with Crippen LogP contribution in [0.15, 0.2) is 42.9 Å². The number of pyridine rings is 2. The number of halogens is 1. The molecule has 0 bridgehead atoms. The molecule has 5 heterocycles. The standard InChI is InChI=1S/C28H31FN8O2/c1-18-23(15-31-16-25(18)30)22-10-19-12-26(32-14-20(19)11-24(22)29)33-27-13-21-2-3-36(28(38)17-37(21)34-27)5-4-35-6-8-39-9-7-35/h10-16H,2-9,17,30H2,1H3,(H,32,33,34). The minimum Gasteiger partial charge on any atom is -0.397 e. The summed E-state index contributed by atoms with van der Waals surface area (Å²) < 4.78 is 22.1. The average Bonchev–Trinajstić information content (AvgIpc) is 3.24. The number of nitrogens with one attached hydrogen (secondary N) is 1. The molecule has 202 valence electrons. The third-order valence-electron chi connectivity index (χ3n) is 7.54. The van der Waals surface area contributed by atoms with Crippen molar-refractivity contribution in [3.05, 3.63) is 59.9 Å². The maximum Gasteiger partial charge on any atom is 0.244 e. The van der Waals surface area contributed by atoms with Crippen LogP contribution in [-0.4, -0.2) is 81.4 Å². The Morgan fingerprint density at radius 2 is 1.85 bits per heavy atom. The SMILES string of the molecule is Cc1c(N)cncc1-c1cc2cc(Nc3cc4n(n3)CC(=O)N(CCN3CCOCC3)CC4)ncc2cc1F.